The number of carbonyl (C=O) groups is 2. The van der Waals surface area contributed by atoms with Gasteiger partial charge in [-0.1, -0.05) is 30.3 Å². The van der Waals surface area contributed by atoms with Gasteiger partial charge in [-0.15, -0.1) is 0 Å². The van der Waals surface area contributed by atoms with Crippen molar-refractivity contribution in [3.05, 3.63) is 95.6 Å². The fourth-order valence-electron chi connectivity index (χ4n) is 2.56. The molecule has 0 unspecified atom stereocenters. The van der Waals surface area contributed by atoms with Crippen LogP contribution in [0, 0.1) is 11.6 Å². The second-order valence-corrected chi connectivity index (χ2v) is 5.83. The van der Waals surface area contributed by atoms with Crippen LogP contribution in [0.4, 0.5) is 20.2 Å². The number of halogens is 2. The Bertz CT molecular complexity index is 970. The summed E-state index contributed by atoms with van der Waals surface area (Å²) in [5, 5.41) is 2.21. The van der Waals surface area contributed by atoms with E-state index in [1.165, 1.54) is 23.1 Å². The predicted molar refractivity (Wildman–Crippen MR) is 99.9 cm³/mol. The van der Waals surface area contributed by atoms with Crippen LogP contribution >= 0.6 is 0 Å². The van der Waals surface area contributed by atoms with Crippen LogP contribution in [0.5, 0.6) is 0 Å². The molecule has 0 bridgehead atoms. The first-order chi connectivity index (χ1) is 13.0. The lowest BCUT2D eigenvalue weighted by atomic mass is 10.1. The van der Waals surface area contributed by atoms with Crippen LogP contribution in [-0.4, -0.2) is 18.9 Å². The summed E-state index contributed by atoms with van der Waals surface area (Å²) in [4.78, 5) is 26.5. The molecule has 0 fully saturated rings. The number of benzene rings is 3. The van der Waals surface area contributed by atoms with Gasteiger partial charge in [0.15, 0.2) is 0 Å². The van der Waals surface area contributed by atoms with Crippen molar-refractivity contribution < 1.29 is 18.4 Å². The molecule has 0 aromatic heterocycles. The molecule has 27 heavy (non-hydrogen) atoms. The van der Waals surface area contributed by atoms with Gasteiger partial charge in [0, 0.05) is 23.9 Å². The minimum Gasteiger partial charge on any atom is -0.317 e. The summed E-state index contributed by atoms with van der Waals surface area (Å²) in [5.74, 6) is -2.78. The molecule has 3 rings (SSSR count). The zero-order chi connectivity index (χ0) is 19.4. The zero-order valence-corrected chi connectivity index (χ0v) is 14.4. The molecule has 0 radical (unpaired) electrons. The molecule has 0 spiro atoms. The average molecular weight is 366 g/mol. The van der Waals surface area contributed by atoms with Crippen LogP contribution in [0.3, 0.4) is 0 Å². The Morgan fingerprint density at radius 1 is 0.815 bits per heavy atom. The number of carbonyl (C=O) groups excluding carboxylic acids is 2. The molecule has 1 N–H and O–H groups in total. The van der Waals surface area contributed by atoms with Crippen LogP contribution < -0.4 is 10.2 Å². The number of nitrogens with zero attached hydrogens (tertiary/aromatic N) is 1. The molecule has 0 aliphatic heterocycles. The third-order valence-electron chi connectivity index (χ3n) is 4.02. The Labute approximate surface area is 155 Å². The molecule has 0 heterocycles. The van der Waals surface area contributed by atoms with Gasteiger partial charge in [0.05, 0.1) is 0 Å². The normalized spacial score (nSPS) is 10.3. The van der Waals surface area contributed by atoms with Crippen LogP contribution in [0.25, 0.3) is 0 Å². The standard InChI is InChI=1S/C21H16F2N2O2/c1-25(16-9-3-2-4-10-16)21(27)15-8-5-7-14(13-15)20(26)24-19-17(22)11-6-12-18(19)23/h2-13H,1H3,(H,24,26). The number of anilines is 2. The predicted octanol–water partition coefficient (Wildman–Crippen LogP) is 4.49. The Kier molecular flexibility index (Phi) is 5.26. The molecular weight excluding hydrogens is 350 g/mol. The van der Waals surface area contributed by atoms with Crippen molar-refractivity contribution in [2.24, 2.45) is 0 Å². The molecule has 0 saturated carbocycles. The SMILES string of the molecule is CN(C(=O)c1cccc(C(=O)Nc2c(F)cccc2F)c1)c1ccccc1. The molecule has 0 aliphatic rings. The Balaban J connectivity index is 1.83. The monoisotopic (exact) mass is 366 g/mol. The molecule has 0 saturated heterocycles. The summed E-state index contributed by atoms with van der Waals surface area (Å²) in [6.07, 6.45) is 0. The second kappa shape index (κ2) is 7.78. The van der Waals surface area contributed by atoms with E-state index in [-0.39, 0.29) is 17.0 Å². The summed E-state index contributed by atoms with van der Waals surface area (Å²) in [7, 11) is 1.62. The lowest BCUT2D eigenvalue weighted by Gasteiger charge is -2.17. The van der Waals surface area contributed by atoms with E-state index in [1.807, 2.05) is 18.2 Å². The van der Waals surface area contributed by atoms with Crippen LogP contribution in [0.15, 0.2) is 72.8 Å². The van der Waals surface area contributed by atoms with Gasteiger partial charge in [0.25, 0.3) is 11.8 Å². The highest BCUT2D eigenvalue weighted by molar-refractivity contribution is 6.09. The van der Waals surface area contributed by atoms with Gasteiger partial charge >= 0.3 is 0 Å². The fraction of sp³-hybridized carbons (Fsp3) is 0.0476. The first-order valence-corrected chi connectivity index (χ1v) is 8.16. The molecule has 0 aliphatic carbocycles. The van der Waals surface area contributed by atoms with Gasteiger partial charge in [0.2, 0.25) is 0 Å². The first kappa shape index (κ1) is 18.3. The third kappa shape index (κ3) is 4.00. The van der Waals surface area contributed by atoms with E-state index in [0.717, 1.165) is 12.1 Å². The van der Waals surface area contributed by atoms with Crippen molar-refractivity contribution in [2.75, 3.05) is 17.3 Å². The summed E-state index contributed by atoms with van der Waals surface area (Å²) < 4.78 is 27.4. The average Bonchev–Trinajstić information content (AvgIpc) is 2.70. The molecule has 0 atom stereocenters. The molecule has 3 aromatic carbocycles. The van der Waals surface area contributed by atoms with Gasteiger partial charge in [-0.25, -0.2) is 8.78 Å². The molecule has 4 nitrogen and oxygen atoms in total. The van der Waals surface area contributed by atoms with Crippen molar-refractivity contribution in [3.63, 3.8) is 0 Å². The highest BCUT2D eigenvalue weighted by atomic mass is 19.1. The van der Waals surface area contributed by atoms with E-state index in [0.29, 0.717) is 5.69 Å². The van der Waals surface area contributed by atoms with E-state index in [1.54, 1.807) is 31.3 Å². The zero-order valence-electron chi connectivity index (χ0n) is 14.4. The summed E-state index contributed by atoms with van der Waals surface area (Å²) >= 11 is 0. The number of nitrogens with one attached hydrogen (secondary N) is 1. The van der Waals surface area contributed by atoms with Crippen molar-refractivity contribution in [1.29, 1.82) is 0 Å². The Morgan fingerprint density at radius 2 is 1.41 bits per heavy atom. The van der Waals surface area contributed by atoms with Gasteiger partial charge in [-0.05, 0) is 42.5 Å². The maximum Gasteiger partial charge on any atom is 0.258 e. The number of hydrogen-bond acceptors (Lipinski definition) is 2. The summed E-state index contributed by atoms with van der Waals surface area (Å²) in [6.45, 7) is 0. The molecule has 6 heteroatoms. The van der Waals surface area contributed by atoms with E-state index < -0.39 is 23.2 Å². The number of hydrogen-bond donors (Lipinski definition) is 1. The Hall–Kier alpha value is -3.54. The third-order valence-corrected chi connectivity index (χ3v) is 4.02. The summed E-state index contributed by atoms with van der Waals surface area (Å²) in [5.41, 5.74) is 0.569. The molecule has 3 aromatic rings. The second-order valence-electron chi connectivity index (χ2n) is 5.83. The van der Waals surface area contributed by atoms with Crippen molar-refractivity contribution >= 4 is 23.2 Å². The van der Waals surface area contributed by atoms with Crippen molar-refractivity contribution in [1.82, 2.24) is 0 Å². The minimum absolute atomic E-state index is 0.116. The molecular formula is C21H16F2N2O2. The maximum atomic E-state index is 13.7. The van der Waals surface area contributed by atoms with E-state index in [2.05, 4.69) is 5.32 Å². The smallest absolute Gasteiger partial charge is 0.258 e. The first-order valence-electron chi connectivity index (χ1n) is 8.16. The topological polar surface area (TPSA) is 49.4 Å². The van der Waals surface area contributed by atoms with Crippen LogP contribution in [0.1, 0.15) is 20.7 Å². The highest BCUT2D eigenvalue weighted by Gasteiger charge is 2.17. The fourth-order valence-corrected chi connectivity index (χ4v) is 2.56. The van der Waals surface area contributed by atoms with Crippen LogP contribution in [-0.2, 0) is 0 Å². The summed E-state index contributed by atoms with van der Waals surface area (Å²) in [6, 6.07) is 18.3. The van der Waals surface area contributed by atoms with Crippen molar-refractivity contribution in [2.45, 2.75) is 0 Å². The minimum atomic E-state index is -0.876. The molecule has 136 valence electrons. The lowest BCUT2D eigenvalue weighted by molar-refractivity contribution is 0.0993. The van der Waals surface area contributed by atoms with Gasteiger partial charge in [-0.2, -0.15) is 0 Å². The molecule has 2 amide bonds. The largest absolute Gasteiger partial charge is 0.317 e. The maximum absolute atomic E-state index is 13.7. The Morgan fingerprint density at radius 3 is 2.07 bits per heavy atom. The number of rotatable bonds is 4. The quantitative estimate of drug-likeness (QED) is 0.739. The van der Waals surface area contributed by atoms with Crippen LogP contribution in [0.2, 0.25) is 0 Å². The van der Waals surface area contributed by atoms with Gasteiger partial charge < -0.3 is 10.2 Å². The van der Waals surface area contributed by atoms with E-state index in [9.17, 15) is 18.4 Å². The van der Waals surface area contributed by atoms with Gasteiger partial charge in [-0.3, -0.25) is 9.59 Å². The van der Waals surface area contributed by atoms with Gasteiger partial charge in [0.1, 0.15) is 17.3 Å². The highest BCUT2D eigenvalue weighted by Crippen LogP contribution is 2.20. The lowest BCUT2D eigenvalue weighted by Crippen LogP contribution is -2.26. The van der Waals surface area contributed by atoms with E-state index in [4.69, 9.17) is 0 Å². The number of amides is 2. The number of para-hydroxylation sites is 2. The van der Waals surface area contributed by atoms with Crippen molar-refractivity contribution in [3.8, 4) is 0 Å². The van der Waals surface area contributed by atoms with E-state index >= 15 is 0 Å².